The Hall–Kier alpha value is -3.16. The Balaban J connectivity index is 2.15. The molecule has 0 aliphatic carbocycles. The van der Waals surface area contributed by atoms with E-state index in [-0.39, 0.29) is 24.0 Å². The number of methoxy groups -OCH3 is 2. The van der Waals surface area contributed by atoms with Crippen molar-refractivity contribution < 1.29 is 14.3 Å². The Morgan fingerprint density at radius 2 is 1.86 bits per heavy atom. The summed E-state index contributed by atoms with van der Waals surface area (Å²) in [4.78, 5) is 20.3. The van der Waals surface area contributed by atoms with E-state index in [0.29, 0.717) is 26.1 Å². The Labute approximate surface area is 208 Å². The van der Waals surface area contributed by atoms with Gasteiger partial charge in [0, 0.05) is 32.0 Å². The van der Waals surface area contributed by atoms with Crippen LogP contribution in [0.1, 0.15) is 44.6 Å². The van der Waals surface area contributed by atoms with Gasteiger partial charge in [0.15, 0.2) is 0 Å². The van der Waals surface area contributed by atoms with Crippen LogP contribution in [0.25, 0.3) is 11.3 Å². The molecule has 35 heavy (non-hydrogen) atoms. The van der Waals surface area contributed by atoms with Gasteiger partial charge in [-0.25, -0.2) is 4.98 Å². The van der Waals surface area contributed by atoms with Crippen molar-refractivity contribution >= 4 is 5.91 Å². The molecule has 0 fully saturated rings. The zero-order valence-electron chi connectivity index (χ0n) is 21.5. The van der Waals surface area contributed by atoms with Crippen molar-refractivity contribution in [2.75, 3.05) is 33.9 Å². The van der Waals surface area contributed by atoms with Gasteiger partial charge in [-0.1, -0.05) is 63.2 Å². The van der Waals surface area contributed by atoms with Crippen molar-refractivity contribution in [3.8, 4) is 17.0 Å². The summed E-state index contributed by atoms with van der Waals surface area (Å²) in [7, 11) is 3.21. The molecular formula is C28H38N4O3. The second-order valence-electron chi connectivity index (χ2n) is 9.76. The van der Waals surface area contributed by atoms with E-state index in [4.69, 9.17) is 20.2 Å². The molecule has 3 rings (SSSR count). The van der Waals surface area contributed by atoms with Crippen LogP contribution in [-0.2, 0) is 16.1 Å². The van der Waals surface area contributed by atoms with Crippen LogP contribution >= 0.6 is 0 Å². The second kappa shape index (κ2) is 12.0. The fourth-order valence-corrected chi connectivity index (χ4v) is 4.35. The van der Waals surface area contributed by atoms with Gasteiger partial charge in [-0.2, -0.15) is 0 Å². The molecule has 2 aromatic carbocycles. The summed E-state index contributed by atoms with van der Waals surface area (Å²) in [5, 5.41) is 0. The van der Waals surface area contributed by atoms with Crippen molar-refractivity contribution in [3.05, 3.63) is 72.2 Å². The number of nitrogens with two attached hydrogens (primary N) is 1. The third-order valence-corrected chi connectivity index (χ3v) is 5.93. The van der Waals surface area contributed by atoms with Crippen LogP contribution in [0.4, 0.5) is 0 Å². The van der Waals surface area contributed by atoms with Crippen LogP contribution in [0, 0.1) is 5.41 Å². The number of hydrogen-bond donors (Lipinski definition) is 1. The molecule has 0 radical (unpaired) electrons. The van der Waals surface area contributed by atoms with Crippen LogP contribution < -0.4 is 10.5 Å². The highest BCUT2D eigenvalue weighted by Crippen LogP contribution is 2.39. The lowest BCUT2D eigenvalue weighted by Gasteiger charge is -2.40. The monoisotopic (exact) mass is 478 g/mol. The minimum atomic E-state index is -0.288. The summed E-state index contributed by atoms with van der Waals surface area (Å²) in [6, 6.07) is 17.9. The predicted octanol–water partition coefficient (Wildman–Crippen LogP) is 4.52. The number of hydrogen-bond acceptors (Lipinski definition) is 5. The zero-order chi connectivity index (χ0) is 25.4. The number of imidazole rings is 1. The molecule has 1 heterocycles. The maximum atomic E-state index is 13.2. The van der Waals surface area contributed by atoms with Crippen molar-refractivity contribution in [1.82, 2.24) is 14.5 Å². The third kappa shape index (κ3) is 6.71. The van der Waals surface area contributed by atoms with E-state index in [1.807, 2.05) is 41.3 Å². The van der Waals surface area contributed by atoms with Crippen LogP contribution in [0.2, 0.25) is 0 Å². The minimum Gasteiger partial charge on any atom is -0.497 e. The number of carbonyl (C=O) groups excluding carboxylic acids is 1. The van der Waals surface area contributed by atoms with Gasteiger partial charge in [0.1, 0.15) is 18.2 Å². The van der Waals surface area contributed by atoms with Gasteiger partial charge in [-0.05, 0) is 36.1 Å². The molecule has 7 nitrogen and oxygen atoms in total. The first-order valence-corrected chi connectivity index (χ1v) is 12.0. The summed E-state index contributed by atoms with van der Waals surface area (Å²) in [5.74, 6) is 1.57. The molecule has 0 spiro atoms. The number of aromatic nitrogens is 2. The van der Waals surface area contributed by atoms with E-state index in [9.17, 15) is 4.79 Å². The fraction of sp³-hybridized carbons (Fsp3) is 0.429. The van der Waals surface area contributed by atoms with Crippen LogP contribution in [-0.4, -0.2) is 54.3 Å². The highest BCUT2D eigenvalue weighted by atomic mass is 16.5. The Kier molecular flexibility index (Phi) is 9.07. The molecule has 0 saturated heterocycles. The third-order valence-electron chi connectivity index (χ3n) is 5.93. The van der Waals surface area contributed by atoms with Gasteiger partial charge in [0.05, 0.1) is 18.8 Å². The first kappa shape index (κ1) is 26.4. The molecule has 0 aliphatic rings. The van der Waals surface area contributed by atoms with E-state index in [2.05, 4.69) is 49.7 Å². The standard InChI is InChI=1S/C28H38N4O3/c1-28(2,3)26(32(16-10-15-29)25(33)20-34-4)27-30-24(22-12-7-6-8-13-22)19-31(27)18-21-11-9-14-23(17-21)35-5/h6-9,11-14,17,19,26H,10,15-16,18,20,29H2,1-5H3/t26-/m0/s1. The van der Waals surface area contributed by atoms with E-state index in [1.54, 1.807) is 14.2 Å². The number of nitrogens with zero attached hydrogens (tertiary/aromatic N) is 3. The minimum absolute atomic E-state index is 0.0132. The normalized spacial score (nSPS) is 12.4. The second-order valence-corrected chi connectivity index (χ2v) is 9.76. The van der Waals surface area contributed by atoms with Gasteiger partial charge in [-0.3, -0.25) is 4.79 Å². The lowest BCUT2D eigenvalue weighted by Crippen LogP contribution is -2.45. The van der Waals surface area contributed by atoms with Gasteiger partial charge in [0.25, 0.3) is 0 Å². The molecule has 2 N–H and O–H groups in total. The van der Waals surface area contributed by atoms with Crippen molar-refractivity contribution in [1.29, 1.82) is 0 Å². The Morgan fingerprint density at radius 3 is 2.49 bits per heavy atom. The van der Waals surface area contributed by atoms with Crippen molar-refractivity contribution in [3.63, 3.8) is 0 Å². The number of amides is 1. The lowest BCUT2D eigenvalue weighted by atomic mass is 9.84. The molecule has 7 heteroatoms. The zero-order valence-corrected chi connectivity index (χ0v) is 21.5. The summed E-state index contributed by atoms with van der Waals surface area (Å²) in [5.41, 5.74) is 8.54. The maximum Gasteiger partial charge on any atom is 0.249 e. The predicted molar refractivity (Wildman–Crippen MR) is 139 cm³/mol. The molecule has 0 aliphatic heterocycles. The highest BCUT2D eigenvalue weighted by molar-refractivity contribution is 5.78. The average molecular weight is 479 g/mol. The van der Waals surface area contributed by atoms with Crippen molar-refractivity contribution in [2.24, 2.45) is 11.1 Å². The molecule has 1 aromatic heterocycles. The average Bonchev–Trinajstić information content (AvgIpc) is 3.24. The molecule has 0 bridgehead atoms. The number of benzene rings is 2. The maximum absolute atomic E-state index is 13.2. The van der Waals surface area contributed by atoms with Gasteiger partial charge < -0.3 is 24.7 Å². The van der Waals surface area contributed by atoms with Crippen LogP contribution in [0.5, 0.6) is 5.75 Å². The molecule has 1 atom stereocenters. The summed E-state index contributed by atoms with van der Waals surface area (Å²) >= 11 is 0. The molecule has 3 aromatic rings. The van der Waals surface area contributed by atoms with E-state index < -0.39 is 0 Å². The van der Waals surface area contributed by atoms with E-state index in [0.717, 1.165) is 28.4 Å². The number of carbonyl (C=O) groups is 1. The quantitative estimate of drug-likeness (QED) is 0.438. The van der Waals surface area contributed by atoms with Gasteiger partial charge in [0.2, 0.25) is 5.91 Å². The lowest BCUT2D eigenvalue weighted by molar-refractivity contribution is -0.140. The van der Waals surface area contributed by atoms with E-state index in [1.165, 1.54) is 0 Å². The Morgan fingerprint density at radius 1 is 1.11 bits per heavy atom. The number of ether oxygens (including phenoxy) is 2. The Bertz CT molecular complexity index is 1090. The largest absolute Gasteiger partial charge is 0.497 e. The highest BCUT2D eigenvalue weighted by Gasteiger charge is 2.38. The first-order chi connectivity index (χ1) is 16.8. The summed E-state index contributed by atoms with van der Waals surface area (Å²) < 4.78 is 12.8. The van der Waals surface area contributed by atoms with Crippen LogP contribution in [0.3, 0.4) is 0 Å². The van der Waals surface area contributed by atoms with Crippen molar-refractivity contribution in [2.45, 2.75) is 39.8 Å². The van der Waals surface area contributed by atoms with Gasteiger partial charge >= 0.3 is 0 Å². The molecule has 1 amide bonds. The van der Waals surface area contributed by atoms with Gasteiger partial charge in [-0.15, -0.1) is 0 Å². The molecule has 188 valence electrons. The fourth-order valence-electron chi connectivity index (χ4n) is 4.35. The SMILES string of the molecule is COCC(=O)N(CCCN)[C@@H](c1nc(-c2ccccc2)cn1Cc1cccc(OC)c1)C(C)(C)C. The smallest absolute Gasteiger partial charge is 0.249 e. The molecule has 0 saturated carbocycles. The summed E-state index contributed by atoms with van der Waals surface area (Å²) in [6.45, 7) is 8.07. The van der Waals surface area contributed by atoms with Crippen LogP contribution in [0.15, 0.2) is 60.8 Å². The molecular weight excluding hydrogens is 440 g/mol. The van der Waals surface area contributed by atoms with E-state index >= 15 is 0 Å². The topological polar surface area (TPSA) is 82.6 Å². The molecule has 0 unspecified atom stereocenters. The first-order valence-electron chi connectivity index (χ1n) is 12.0. The summed E-state index contributed by atoms with van der Waals surface area (Å²) in [6.07, 6.45) is 2.77. The number of rotatable bonds is 11.